The van der Waals surface area contributed by atoms with E-state index >= 15 is 0 Å². The molecule has 25 heavy (non-hydrogen) atoms. The Hall–Kier alpha value is -1.54. The first kappa shape index (κ1) is 18.3. The van der Waals surface area contributed by atoms with Gasteiger partial charge >= 0.3 is 0 Å². The van der Waals surface area contributed by atoms with E-state index in [1.165, 1.54) is 25.7 Å². The maximum atomic E-state index is 13.2. The summed E-state index contributed by atoms with van der Waals surface area (Å²) in [6.45, 7) is 2.11. The number of amides is 2. The number of terminal acetylenes is 1. The third-order valence-corrected chi connectivity index (χ3v) is 6.03. The number of carbonyl (C=O) groups excluding carboxylic acids is 2. The molecule has 1 unspecified atom stereocenters. The molecule has 0 N–H and O–H groups in total. The molecule has 1 aliphatic carbocycles. The van der Waals surface area contributed by atoms with E-state index in [1.807, 2.05) is 0 Å². The Balaban J connectivity index is 1.58. The van der Waals surface area contributed by atoms with Crippen LogP contribution in [0.15, 0.2) is 0 Å². The smallest absolute Gasteiger partial charge is 0.245 e. The van der Waals surface area contributed by atoms with Crippen LogP contribution >= 0.6 is 0 Å². The van der Waals surface area contributed by atoms with E-state index in [-0.39, 0.29) is 24.5 Å². The highest BCUT2D eigenvalue weighted by Crippen LogP contribution is 2.36. The van der Waals surface area contributed by atoms with Crippen LogP contribution in [0.2, 0.25) is 0 Å². The van der Waals surface area contributed by atoms with Crippen molar-refractivity contribution in [3.63, 3.8) is 0 Å². The number of nitrogens with zero attached hydrogens (tertiary/aromatic N) is 2. The van der Waals surface area contributed by atoms with Gasteiger partial charge in [-0.2, -0.15) is 0 Å². The molecule has 2 saturated heterocycles. The zero-order chi connectivity index (χ0) is 17.6. The summed E-state index contributed by atoms with van der Waals surface area (Å²) in [6, 6.07) is 0.147. The van der Waals surface area contributed by atoms with E-state index in [1.54, 1.807) is 4.90 Å². The Morgan fingerprint density at radius 2 is 1.72 bits per heavy atom. The summed E-state index contributed by atoms with van der Waals surface area (Å²) in [5, 5.41) is 0. The molecule has 0 aromatic carbocycles. The highest BCUT2D eigenvalue weighted by Gasteiger charge is 2.42. The number of hydrogen-bond donors (Lipinski definition) is 0. The topological polar surface area (TPSA) is 49.9 Å². The van der Waals surface area contributed by atoms with E-state index in [2.05, 4.69) is 10.8 Å². The monoisotopic (exact) mass is 346 g/mol. The molecule has 5 nitrogen and oxygen atoms in total. The molecule has 0 spiro atoms. The van der Waals surface area contributed by atoms with Crippen molar-refractivity contribution in [2.24, 2.45) is 5.92 Å². The van der Waals surface area contributed by atoms with Crippen molar-refractivity contribution in [3.8, 4) is 12.3 Å². The highest BCUT2D eigenvalue weighted by molar-refractivity contribution is 5.88. The van der Waals surface area contributed by atoms with Crippen molar-refractivity contribution in [1.82, 2.24) is 9.80 Å². The van der Waals surface area contributed by atoms with Crippen LogP contribution in [0, 0.1) is 18.3 Å². The molecule has 138 valence electrons. The van der Waals surface area contributed by atoms with Crippen molar-refractivity contribution in [2.45, 2.75) is 69.9 Å². The lowest BCUT2D eigenvalue weighted by Gasteiger charge is -2.34. The summed E-state index contributed by atoms with van der Waals surface area (Å²) >= 11 is 0. The molecule has 5 heteroatoms. The normalized spacial score (nSPS) is 27.0. The number of ether oxygens (including phenoxy) is 1. The molecule has 3 aliphatic rings. The van der Waals surface area contributed by atoms with Crippen molar-refractivity contribution >= 4 is 11.8 Å². The molecule has 2 heterocycles. The SMILES string of the molecule is C#CCOCCC(=O)N1CCC[C@H]1C(=O)N1CCCC1C1CCCC1. The minimum Gasteiger partial charge on any atom is -0.368 e. The van der Waals surface area contributed by atoms with Crippen molar-refractivity contribution in [2.75, 3.05) is 26.3 Å². The molecule has 2 aliphatic heterocycles. The highest BCUT2D eigenvalue weighted by atomic mass is 16.5. The van der Waals surface area contributed by atoms with E-state index in [4.69, 9.17) is 11.2 Å². The number of carbonyl (C=O) groups is 2. The maximum Gasteiger partial charge on any atom is 0.245 e. The van der Waals surface area contributed by atoms with Gasteiger partial charge in [-0.25, -0.2) is 0 Å². The lowest BCUT2D eigenvalue weighted by molar-refractivity contribution is -0.145. The Kier molecular flexibility index (Phi) is 6.36. The van der Waals surface area contributed by atoms with Gasteiger partial charge in [0, 0.05) is 19.1 Å². The van der Waals surface area contributed by atoms with Gasteiger partial charge in [0.05, 0.1) is 13.0 Å². The van der Waals surface area contributed by atoms with Crippen LogP contribution in [0.25, 0.3) is 0 Å². The van der Waals surface area contributed by atoms with Crippen LogP contribution in [-0.4, -0.2) is 60.0 Å². The first-order valence-electron chi connectivity index (χ1n) is 9.83. The van der Waals surface area contributed by atoms with Gasteiger partial charge in [0.15, 0.2) is 0 Å². The number of hydrogen-bond acceptors (Lipinski definition) is 3. The minimum absolute atomic E-state index is 0.0180. The van der Waals surface area contributed by atoms with Crippen LogP contribution in [0.1, 0.15) is 57.8 Å². The van der Waals surface area contributed by atoms with Gasteiger partial charge in [-0.3, -0.25) is 9.59 Å². The van der Waals surface area contributed by atoms with Gasteiger partial charge in [-0.15, -0.1) is 6.42 Å². The van der Waals surface area contributed by atoms with E-state index in [0.29, 0.717) is 31.5 Å². The minimum atomic E-state index is -0.262. The Labute approximate surface area is 151 Å². The van der Waals surface area contributed by atoms with E-state index in [0.717, 1.165) is 32.2 Å². The molecule has 3 rings (SSSR count). The van der Waals surface area contributed by atoms with Crippen molar-refractivity contribution in [1.29, 1.82) is 0 Å². The van der Waals surface area contributed by atoms with Crippen LogP contribution in [0.5, 0.6) is 0 Å². The van der Waals surface area contributed by atoms with Crippen molar-refractivity contribution < 1.29 is 14.3 Å². The summed E-state index contributed by atoms with van der Waals surface area (Å²) in [5.74, 6) is 3.28. The third-order valence-electron chi connectivity index (χ3n) is 6.03. The second kappa shape index (κ2) is 8.71. The molecule has 3 fully saturated rings. The summed E-state index contributed by atoms with van der Waals surface area (Å²) in [5.41, 5.74) is 0. The molecule has 0 aromatic rings. The van der Waals surface area contributed by atoms with E-state index in [9.17, 15) is 9.59 Å². The predicted octanol–water partition coefficient (Wildman–Crippen LogP) is 2.20. The Bertz CT molecular complexity index is 522. The predicted molar refractivity (Wildman–Crippen MR) is 95.7 cm³/mol. The molecular weight excluding hydrogens is 316 g/mol. The fourth-order valence-corrected chi connectivity index (χ4v) is 4.85. The standard InChI is InChI=1S/C20H30N2O3/c1-2-14-25-15-11-19(23)21-12-6-10-18(21)20(24)22-13-5-9-17(22)16-7-3-4-8-16/h1,16-18H,3-15H2/t17?,18-/m0/s1. The van der Waals surface area contributed by atoms with Gasteiger partial charge in [-0.1, -0.05) is 18.8 Å². The fourth-order valence-electron chi connectivity index (χ4n) is 4.85. The van der Waals surface area contributed by atoms with Crippen molar-refractivity contribution in [3.05, 3.63) is 0 Å². The molecule has 2 atom stereocenters. The average Bonchev–Trinajstić information content (AvgIpc) is 3.37. The van der Waals surface area contributed by atoms with Crippen LogP contribution in [0.4, 0.5) is 0 Å². The summed E-state index contributed by atoms with van der Waals surface area (Å²) < 4.78 is 5.21. The zero-order valence-electron chi connectivity index (χ0n) is 15.1. The Morgan fingerprint density at radius 1 is 1.00 bits per heavy atom. The number of likely N-dealkylation sites (tertiary alicyclic amines) is 2. The number of rotatable bonds is 6. The molecule has 1 saturated carbocycles. The van der Waals surface area contributed by atoms with Gasteiger partial charge < -0.3 is 14.5 Å². The lowest BCUT2D eigenvalue weighted by Crippen LogP contribution is -2.50. The molecular formula is C20H30N2O3. The second-order valence-electron chi connectivity index (χ2n) is 7.54. The largest absolute Gasteiger partial charge is 0.368 e. The van der Waals surface area contributed by atoms with Gasteiger partial charge in [-0.05, 0) is 44.4 Å². The summed E-state index contributed by atoms with van der Waals surface area (Å²) in [4.78, 5) is 29.6. The van der Waals surface area contributed by atoms with Gasteiger partial charge in [0.1, 0.15) is 12.6 Å². The summed E-state index contributed by atoms with van der Waals surface area (Å²) in [7, 11) is 0. The third kappa shape index (κ3) is 4.17. The first-order valence-corrected chi connectivity index (χ1v) is 9.83. The quantitative estimate of drug-likeness (QED) is 0.547. The lowest BCUT2D eigenvalue weighted by atomic mass is 9.95. The Morgan fingerprint density at radius 3 is 2.48 bits per heavy atom. The van der Waals surface area contributed by atoms with Crippen LogP contribution < -0.4 is 0 Å². The fraction of sp³-hybridized carbons (Fsp3) is 0.800. The average molecular weight is 346 g/mol. The molecule has 2 amide bonds. The van der Waals surface area contributed by atoms with E-state index < -0.39 is 0 Å². The van der Waals surface area contributed by atoms with Crippen LogP contribution in [-0.2, 0) is 14.3 Å². The summed E-state index contributed by atoms with van der Waals surface area (Å²) in [6.07, 6.45) is 14.5. The molecule has 0 bridgehead atoms. The molecule has 0 aromatic heterocycles. The first-order chi connectivity index (χ1) is 12.2. The van der Waals surface area contributed by atoms with Gasteiger partial charge in [0.25, 0.3) is 0 Å². The van der Waals surface area contributed by atoms with Crippen LogP contribution in [0.3, 0.4) is 0 Å². The van der Waals surface area contributed by atoms with Gasteiger partial charge in [0.2, 0.25) is 11.8 Å². The molecule has 0 radical (unpaired) electrons. The zero-order valence-corrected chi connectivity index (χ0v) is 15.1. The maximum absolute atomic E-state index is 13.2. The second-order valence-corrected chi connectivity index (χ2v) is 7.54.